The van der Waals surface area contributed by atoms with Gasteiger partial charge >= 0.3 is 0 Å². The van der Waals surface area contributed by atoms with Crippen molar-refractivity contribution in [2.75, 3.05) is 20.3 Å². The highest BCUT2D eigenvalue weighted by Crippen LogP contribution is 2.37. The van der Waals surface area contributed by atoms with Crippen molar-refractivity contribution in [1.82, 2.24) is 5.32 Å². The summed E-state index contributed by atoms with van der Waals surface area (Å²) in [7, 11) is 1.74. The second kappa shape index (κ2) is 3.87. The van der Waals surface area contributed by atoms with Crippen molar-refractivity contribution in [3.63, 3.8) is 0 Å². The van der Waals surface area contributed by atoms with E-state index in [9.17, 15) is 4.79 Å². The van der Waals surface area contributed by atoms with E-state index in [0.717, 1.165) is 12.8 Å². The normalized spacial score (nSPS) is 31.5. The molecule has 1 heterocycles. The van der Waals surface area contributed by atoms with Crippen molar-refractivity contribution in [3.8, 4) is 0 Å². The fourth-order valence-electron chi connectivity index (χ4n) is 2.46. The summed E-state index contributed by atoms with van der Waals surface area (Å²) in [5, 5.41) is 2.82. The van der Waals surface area contributed by atoms with Gasteiger partial charge in [0.15, 0.2) is 0 Å². The SMILES string of the molecule is COC1(C2CNC(=O)CO2)CCCC1. The van der Waals surface area contributed by atoms with Gasteiger partial charge in [0, 0.05) is 13.7 Å². The molecule has 0 aromatic carbocycles. The van der Waals surface area contributed by atoms with Crippen molar-refractivity contribution in [2.45, 2.75) is 37.4 Å². The van der Waals surface area contributed by atoms with E-state index in [-0.39, 0.29) is 24.2 Å². The Bertz CT molecular complexity index is 213. The number of nitrogens with one attached hydrogen (secondary N) is 1. The summed E-state index contributed by atoms with van der Waals surface area (Å²) in [5.41, 5.74) is -0.145. The van der Waals surface area contributed by atoms with Crippen molar-refractivity contribution in [3.05, 3.63) is 0 Å². The molecule has 2 aliphatic rings. The summed E-state index contributed by atoms with van der Waals surface area (Å²) in [6, 6.07) is 0. The van der Waals surface area contributed by atoms with Crippen LogP contribution < -0.4 is 5.32 Å². The van der Waals surface area contributed by atoms with Crippen LogP contribution in [0.1, 0.15) is 25.7 Å². The molecule has 14 heavy (non-hydrogen) atoms. The lowest BCUT2D eigenvalue weighted by molar-refractivity contribution is -0.156. The average Bonchev–Trinajstić information content (AvgIpc) is 2.68. The standard InChI is InChI=1S/C10H17NO3/c1-13-10(4-2-3-5-10)8-6-11-9(12)7-14-8/h8H,2-7H2,1H3,(H,11,12). The number of methoxy groups -OCH3 is 1. The van der Waals surface area contributed by atoms with Gasteiger partial charge in [-0.25, -0.2) is 0 Å². The molecule has 1 aliphatic carbocycles. The highest BCUT2D eigenvalue weighted by Gasteiger charge is 2.43. The van der Waals surface area contributed by atoms with E-state index in [0.29, 0.717) is 6.54 Å². The van der Waals surface area contributed by atoms with Gasteiger partial charge in [-0.1, -0.05) is 12.8 Å². The van der Waals surface area contributed by atoms with Crippen LogP contribution in [-0.4, -0.2) is 37.9 Å². The maximum Gasteiger partial charge on any atom is 0.246 e. The van der Waals surface area contributed by atoms with Gasteiger partial charge in [-0.05, 0) is 12.8 Å². The summed E-state index contributed by atoms with van der Waals surface area (Å²) in [4.78, 5) is 10.9. The molecule has 2 fully saturated rings. The maximum atomic E-state index is 10.9. The van der Waals surface area contributed by atoms with Gasteiger partial charge < -0.3 is 14.8 Å². The quantitative estimate of drug-likeness (QED) is 0.703. The molecule has 1 amide bonds. The van der Waals surface area contributed by atoms with E-state index in [1.807, 2.05) is 0 Å². The molecule has 4 heteroatoms. The first-order valence-corrected chi connectivity index (χ1v) is 5.20. The largest absolute Gasteiger partial charge is 0.375 e. The Morgan fingerprint density at radius 3 is 2.71 bits per heavy atom. The summed E-state index contributed by atoms with van der Waals surface area (Å²) in [5.74, 6) is -0.0227. The molecule has 1 saturated heterocycles. The van der Waals surface area contributed by atoms with Gasteiger partial charge in [0.2, 0.25) is 5.91 Å². The number of ether oxygens (including phenoxy) is 2. The van der Waals surface area contributed by atoms with E-state index in [2.05, 4.69) is 5.32 Å². The number of amides is 1. The van der Waals surface area contributed by atoms with Crippen molar-refractivity contribution < 1.29 is 14.3 Å². The second-order valence-electron chi connectivity index (χ2n) is 4.08. The summed E-state index contributed by atoms with van der Waals surface area (Å²) < 4.78 is 11.1. The Labute approximate surface area is 84.0 Å². The lowest BCUT2D eigenvalue weighted by atomic mass is 9.93. The number of carbonyl (C=O) groups excluding carboxylic acids is 1. The number of hydrogen-bond donors (Lipinski definition) is 1. The Balaban J connectivity index is 2.01. The van der Waals surface area contributed by atoms with Gasteiger partial charge in [0.25, 0.3) is 0 Å². The average molecular weight is 199 g/mol. The van der Waals surface area contributed by atoms with Gasteiger partial charge in [0.05, 0.1) is 5.60 Å². The highest BCUT2D eigenvalue weighted by molar-refractivity contribution is 5.77. The van der Waals surface area contributed by atoms with Crippen LogP contribution in [0.25, 0.3) is 0 Å². The van der Waals surface area contributed by atoms with Crippen LogP contribution in [0.4, 0.5) is 0 Å². The summed E-state index contributed by atoms with van der Waals surface area (Å²) >= 11 is 0. The van der Waals surface area contributed by atoms with Gasteiger partial charge in [0.1, 0.15) is 12.7 Å². The Kier molecular flexibility index (Phi) is 2.74. The van der Waals surface area contributed by atoms with Gasteiger partial charge in [-0.15, -0.1) is 0 Å². The van der Waals surface area contributed by atoms with Gasteiger partial charge in [-0.3, -0.25) is 4.79 Å². The molecule has 1 N–H and O–H groups in total. The first-order chi connectivity index (χ1) is 6.77. The molecular formula is C10H17NO3. The maximum absolute atomic E-state index is 10.9. The smallest absolute Gasteiger partial charge is 0.246 e. The zero-order valence-corrected chi connectivity index (χ0v) is 8.54. The minimum absolute atomic E-state index is 0.0227. The zero-order valence-electron chi connectivity index (χ0n) is 8.54. The minimum Gasteiger partial charge on any atom is -0.375 e. The fourth-order valence-corrected chi connectivity index (χ4v) is 2.46. The van der Waals surface area contributed by atoms with Crippen LogP contribution in [0.5, 0.6) is 0 Å². The topological polar surface area (TPSA) is 47.6 Å². The fraction of sp³-hybridized carbons (Fsp3) is 0.900. The number of morpholine rings is 1. The second-order valence-corrected chi connectivity index (χ2v) is 4.08. The lowest BCUT2D eigenvalue weighted by Gasteiger charge is -2.38. The molecule has 0 aromatic heterocycles. The van der Waals surface area contributed by atoms with Crippen LogP contribution in [0, 0.1) is 0 Å². The Morgan fingerprint density at radius 2 is 2.21 bits per heavy atom. The van der Waals surface area contributed by atoms with E-state index < -0.39 is 0 Å². The van der Waals surface area contributed by atoms with E-state index in [1.165, 1.54) is 12.8 Å². The molecule has 1 atom stereocenters. The molecule has 4 nitrogen and oxygen atoms in total. The third-order valence-electron chi connectivity index (χ3n) is 3.34. The molecule has 0 radical (unpaired) electrons. The van der Waals surface area contributed by atoms with Crippen molar-refractivity contribution >= 4 is 5.91 Å². The first-order valence-electron chi connectivity index (χ1n) is 5.20. The lowest BCUT2D eigenvalue weighted by Crippen LogP contribution is -2.54. The highest BCUT2D eigenvalue weighted by atomic mass is 16.5. The molecule has 1 aliphatic heterocycles. The third kappa shape index (κ3) is 1.64. The van der Waals surface area contributed by atoms with Crippen molar-refractivity contribution in [2.24, 2.45) is 0 Å². The number of hydrogen-bond acceptors (Lipinski definition) is 3. The molecule has 1 unspecified atom stereocenters. The Morgan fingerprint density at radius 1 is 1.50 bits per heavy atom. The van der Waals surface area contributed by atoms with Crippen LogP contribution in [0.3, 0.4) is 0 Å². The van der Waals surface area contributed by atoms with Gasteiger partial charge in [-0.2, -0.15) is 0 Å². The van der Waals surface area contributed by atoms with Crippen LogP contribution in [-0.2, 0) is 14.3 Å². The van der Waals surface area contributed by atoms with E-state index in [1.54, 1.807) is 7.11 Å². The van der Waals surface area contributed by atoms with Crippen molar-refractivity contribution in [1.29, 1.82) is 0 Å². The molecule has 0 aromatic rings. The molecule has 80 valence electrons. The number of carbonyl (C=O) groups is 1. The van der Waals surface area contributed by atoms with Crippen LogP contribution in [0.2, 0.25) is 0 Å². The predicted molar refractivity (Wildman–Crippen MR) is 51.0 cm³/mol. The van der Waals surface area contributed by atoms with Crippen LogP contribution in [0.15, 0.2) is 0 Å². The van der Waals surface area contributed by atoms with E-state index >= 15 is 0 Å². The molecule has 0 bridgehead atoms. The molecule has 2 rings (SSSR count). The molecule has 1 saturated carbocycles. The zero-order chi connectivity index (χ0) is 10.0. The first kappa shape index (κ1) is 9.93. The molecule has 0 spiro atoms. The number of rotatable bonds is 2. The summed E-state index contributed by atoms with van der Waals surface area (Å²) in [6.45, 7) is 0.766. The Hall–Kier alpha value is -0.610. The summed E-state index contributed by atoms with van der Waals surface area (Å²) in [6.07, 6.45) is 4.52. The van der Waals surface area contributed by atoms with E-state index in [4.69, 9.17) is 9.47 Å². The third-order valence-corrected chi connectivity index (χ3v) is 3.34. The minimum atomic E-state index is -0.145. The monoisotopic (exact) mass is 199 g/mol. The molecular weight excluding hydrogens is 182 g/mol. The van der Waals surface area contributed by atoms with Crippen LogP contribution >= 0.6 is 0 Å². The predicted octanol–water partition coefficient (Wildman–Crippen LogP) is 0.461.